The normalized spacial score (nSPS) is 26.0. The molecule has 1 atom stereocenters. The summed E-state index contributed by atoms with van der Waals surface area (Å²) in [6.07, 6.45) is 5.89. The van der Waals surface area contributed by atoms with Gasteiger partial charge >= 0.3 is 0 Å². The van der Waals surface area contributed by atoms with Gasteiger partial charge in [-0.25, -0.2) is 0 Å². The van der Waals surface area contributed by atoms with Crippen LogP contribution in [-0.2, 0) is 15.0 Å². The molecule has 1 aromatic rings. The quantitative estimate of drug-likeness (QED) is 0.853. The maximum absolute atomic E-state index is 12.7. The topological polar surface area (TPSA) is 37.4 Å². The molecular formula is C18H23NO2. The summed E-state index contributed by atoms with van der Waals surface area (Å²) < 4.78 is 0. The highest BCUT2D eigenvalue weighted by Crippen LogP contribution is 2.44. The number of hydrogen-bond donors (Lipinski definition) is 0. The molecule has 1 fully saturated rings. The lowest BCUT2D eigenvalue weighted by molar-refractivity contribution is -0.130. The lowest BCUT2D eigenvalue weighted by Crippen LogP contribution is -2.39. The van der Waals surface area contributed by atoms with Gasteiger partial charge in [-0.1, -0.05) is 37.5 Å². The number of nitrogens with zero attached hydrogens (tertiary/aromatic N) is 1. The van der Waals surface area contributed by atoms with Gasteiger partial charge in [-0.3, -0.25) is 9.59 Å². The van der Waals surface area contributed by atoms with E-state index >= 15 is 0 Å². The van der Waals surface area contributed by atoms with Crippen LogP contribution in [0, 0.1) is 5.92 Å². The summed E-state index contributed by atoms with van der Waals surface area (Å²) in [5, 5.41) is 0. The molecule has 0 spiro atoms. The van der Waals surface area contributed by atoms with Crippen LogP contribution in [-0.4, -0.2) is 18.7 Å². The number of fused-ring (bicyclic) bond motifs is 1. The van der Waals surface area contributed by atoms with E-state index in [2.05, 4.69) is 0 Å². The van der Waals surface area contributed by atoms with Crippen LogP contribution in [0.25, 0.3) is 0 Å². The van der Waals surface area contributed by atoms with Gasteiger partial charge in [-0.2, -0.15) is 0 Å². The van der Waals surface area contributed by atoms with Crippen LogP contribution in [0.3, 0.4) is 0 Å². The number of rotatable bonds is 3. The second-order valence-electron chi connectivity index (χ2n) is 6.69. The minimum Gasteiger partial charge on any atom is -0.314 e. The summed E-state index contributed by atoms with van der Waals surface area (Å²) in [4.78, 5) is 27.0. The van der Waals surface area contributed by atoms with Gasteiger partial charge in [-0.15, -0.1) is 0 Å². The molecule has 1 aliphatic heterocycles. The molecule has 21 heavy (non-hydrogen) atoms. The van der Waals surface area contributed by atoms with Crippen molar-refractivity contribution in [1.82, 2.24) is 0 Å². The Labute approximate surface area is 126 Å². The molecule has 1 amide bonds. The molecule has 0 saturated heterocycles. The molecule has 1 heterocycles. The van der Waals surface area contributed by atoms with Crippen molar-refractivity contribution in [2.75, 3.05) is 11.9 Å². The summed E-state index contributed by atoms with van der Waals surface area (Å²) >= 11 is 0. The molecule has 1 aromatic carbocycles. The SMILES string of the molecule is CN1C(=O)C(C)(CC(=O)C2CCCCC2)c2ccccc21. The summed E-state index contributed by atoms with van der Waals surface area (Å²) in [7, 11) is 1.80. The van der Waals surface area contributed by atoms with Gasteiger partial charge in [0.1, 0.15) is 5.78 Å². The number of carbonyl (C=O) groups is 2. The maximum atomic E-state index is 12.7. The first-order valence-electron chi connectivity index (χ1n) is 7.94. The molecule has 0 N–H and O–H groups in total. The Morgan fingerprint density at radius 2 is 1.90 bits per heavy atom. The first-order valence-corrected chi connectivity index (χ1v) is 7.94. The highest BCUT2D eigenvalue weighted by molar-refractivity contribution is 6.09. The third-order valence-corrected chi connectivity index (χ3v) is 5.22. The summed E-state index contributed by atoms with van der Waals surface area (Å²) in [6.45, 7) is 1.93. The van der Waals surface area contributed by atoms with Crippen LogP contribution in [0.15, 0.2) is 24.3 Å². The van der Waals surface area contributed by atoms with Crippen LogP contribution in [0.2, 0.25) is 0 Å². The fourth-order valence-electron chi connectivity index (χ4n) is 3.92. The number of benzene rings is 1. The number of Topliss-reactive ketones (excluding diaryl/α,β-unsaturated/α-hetero) is 1. The van der Waals surface area contributed by atoms with Gasteiger partial charge in [0.25, 0.3) is 0 Å². The second kappa shape index (κ2) is 5.28. The van der Waals surface area contributed by atoms with Crippen molar-refractivity contribution in [3.8, 4) is 0 Å². The molecular weight excluding hydrogens is 262 g/mol. The zero-order valence-electron chi connectivity index (χ0n) is 12.9. The van der Waals surface area contributed by atoms with E-state index in [1.54, 1.807) is 11.9 Å². The molecule has 2 aliphatic rings. The van der Waals surface area contributed by atoms with E-state index in [0.717, 1.165) is 36.9 Å². The Balaban J connectivity index is 1.86. The monoisotopic (exact) mass is 285 g/mol. The Hall–Kier alpha value is -1.64. The predicted octanol–water partition coefficient (Wildman–Crippen LogP) is 3.46. The van der Waals surface area contributed by atoms with E-state index in [1.807, 2.05) is 31.2 Å². The number of hydrogen-bond acceptors (Lipinski definition) is 2. The van der Waals surface area contributed by atoms with Crippen molar-refractivity contribution in [3.63, 3.8) is 0 Å². The second-order valence-corrected chi connectivity index (χ2v) is 6.69. The minimum absolute atomic E-state index is 0.0489. The predicted molar refractivity (Wildman–Crippen MR) is 83.4 cm³/mol. The Morgan fingerprint density at radius 3 is 2.62 bits per heavy atom. The first kappa shape index (κ1) is 14.3. The molecule has 1 aliphatic carbocycles. The number of amides is 1. The molecule has 3 nitrogen and oxygen atoms in total. The molecule has 3 rings (SSSR count). The number of carbonyl (C=O) groups excluding carboxylic acids is 2. The van der Waals surface area contributed by atoms with Gasteiger partial charge < -0.3 is 4.90 Å². The Morgan fingerprint density at radius 1 is 1.24 bits per heavy atom. The van der Waals surface area contributed by atoms with Crippen LogP contribution in [0.4, 0.5) is 5.69 Å². The van der Waals surface area contributed by atoms with E-state index in [1.165, 1.54) is 6.42 Å². The fraction of sp³-hybridized carbons (Fsp3) is 0.556. The highest BCUT2D eigenvalue weighted by Gasteiger charge is 2.47. The van der Waals surface area contributed by atoms with Gasteiger partial charge in [0.2, 0.25) is 5.91 Å². The lowest BCUT2D eigenvalue weighted by atomic mass is 9.75. The van der Waals surface area contributed by atoms with Gasteiger partial charge in [0.15, 0.2) is 0 Å². The van der Waals surface area contributed by atoms with Crippen LogP contribution >= 0.6 is 0 Å². The standard InChI is InChI=1S/C18H23NO2/c1-18(12-16(20)13-8-4-3-5-9-13)14-10-6-7-11-15(14)19(2)17(18)21/h6-7,10-11,13H,3-5,8-9,12H2,1-2H3. The van der Waals surface area contributed by atoms with Crippen LogP contribution in [0.1, 0.15) is 51.0 Å². The molecule has 1 saturated carbocycles. The maximum Gasteiger partial charge on any atom is 0.237 e. The summed E-state index contributed by atoms with van der Waals surface area (Å²) in [5.41, 5.74) is 1.27. The lowest BCUT2D eigenvalue weighted by Gasteiger charge is -2.27. The Kier molecular flexibility index (Phi) is 3.60. The zero-order valence-corrected chi connectivity index (χ0v) is 12.9. The van der Waals surface area contributed by atoms with E-state index in [4.69, 9.17) is 0 Å². The summed E-state index contributed by atoms with van der Waals surface area (Å²) in [6, 6.07) is 7.85. The molecule has 112 valence electrons. The van der Waals surface area contributed by atoms with E-state index in [9.17, 15) is 9.59 Å². The van der Waals surface area contributed by atoms with Gasteiger partial charge in [0.05, 0.1) is 5.41 Å². The molecule has 1 unspecified atom stereocenters. The van der Waals surface area contributed by atoms with Gasteiger partial charge in [-0.05, 0) is 31.4 Å². The first-order chi connectivity index (χ1) is 10.0. The average Bonchev–Trinajstić information content (AvgIpc) is 2.71. The molecule has 0 radical (unpaired) electrons. The average molecular weight is 285 g/mol. The van der Waals surface area contributed by atoms with Crippen molar-refractivity contribution in [1.29, 1.82) is 0 Å². The van der Waals surface area contributed by atoms with Crippen molar-refractivity contribution in [2.24, 2.45) is 5.92 Å². The van der Waals surface area contributed by atoms with Crippen molar-refractivity contribution < 1.29 is 9.59 Å². The Bertz CT molecular complexity index is 574. The molecule has 0 bridgehead atoms. The zero-order chi connectivity index (χ0) is 15.0. The largest absolute Gasteiger partial charge is 0.314 e. The number of para-hydroxylation sites is 1. The number of likely N-dealkylation sites (N-methyl/N-ethyl adjacent to an activating group) is 1. The van der Waals surface area contributed by atoms with Gasteiger partial charge in [0, 0.05) is 25.1 Å². The third kappa shape index (κ3) is 2.29. The number of ketones is 1. The van der Waals surface area contributed by atoms with E-state index < -0.39 is 5.41 Å². The smallest absolute Gasteiger partial charge is 0.237 e. The molecule has 0 aromatic heterocycles. The highest BCUT2D eigenvalue weighted by atomic mass is 16.2. The van der Waals surface area contributed by atoms with E-state index in [0.29, 0.717) is 6.42 Å². The van der Waals surface area contributed by atoms with Crippen LogP contribution in [0.5, 0.6) is 0 Å². The van der Waals surface area contributed by atoms with E-state index in [-0.39, 0.29) is 17.6 Å². The van der Waals surface area contributed by atoms with Crippen LogP contribution < -0.4 is 4.90 Å². The minimum atomic E-state index is -0.681. The molecule has 3 heteroatoms. The summed E-state index contributed by atoms with van der Waals surface area (Å²) in [5.74, 6) is 0.491. The third-order valence-electron chi connectivity index (χ3n) is 5.22. The fourth-order valence-corrected chi connectivity index (χ4v) is 3.92. The van der Waals surface area contributed by atoms with Crippen molar-refractivity contribution in [3.05, 3.63) is 29.8 Å². The number of anilines is 1. The van der Waals surface area contributed by atoms with Crippen molar-refractivity contribution in [2.45, 2.75) is 50.9 Å². The van der Waals surface area contributed by atoms with Crippen molar-refractivity contribution >= 4 is 17.4 Å².